The molecule has 47 heavy (non-hydrogen) atoms. The van der Waals surface area contributed by atoms with Crippen molar-refractivity contribution in [3.05, 3.63) is 58.7 Å². The number of aromatic nitrogens is 2. The van der Waals surface area contributed by atoms with Crippen molar-refractivity contribution < 1.29 is 13.2 Å². The SMILES string of the molecule is [B]C1([B])CC([B])(c2cc(OC([B])(C)C)c(Nc3ncc(Cl)c(Nc4ccccc4S(=O)(=O)C(C)C)n3)cc2C([B])([B])[B])CC([B])([B])N1. The molecule has 1 fully saturated rings. The molecule has 0 spiro atoms. The van der Waals surface area contributed by atoms with Gasteiger partial charge in [-0.3, -0.25) is 0 Å². The van der Waals surface area contributed by atoms with E-state index in [2.05, 4.69) is 25.9 Å². The van der Waals surface area contributed by atoms with E-state index in [1.165, 1.54) is 18.3 Å². The van der Waals surface area contributed by atoms with Crippen molar-refractivity contribution in [3.63, 3.8) is 0 Å². The van der Waals surface area contributed by atoms with E-state index in [9.17, 15) is 8.42 Å². The molecular weight excluding hydrogens is 619 g/mol. The van der Waals surface area contributed by atoms with Crippen LogP contribution in [-0.2, 0) is 20.3 Å². The number of halogens is 1. The molecule has 4 rings (SSSR count). The molecule has 8 nitrogen and oxygen atoms in total. The van der Waals surface area contributed by atoms with Gasteiger partial charge in [0, 0.05) is 0 Å². The van der Waals surface area contributed by atoms with E-state index in [4.69, 9.17) is 87.0 Å². The number of benzene rings is 2. The van der Waals surface area contributed by atoms with E-state index in [0.717, 1.165) is 0 Å². The minimum Gasteiger partial charge on any atom is -0.496 e. The van der Waals surface area contributed by atoms with Crippen LogP contribution in [0.5, 0.6) is 5.75 Å². The van der Waals surface area contributed by atoms with Gasteiger partial charge in [0.1, 0.15) is 18.6 Å². The topological polar surface area (TPSA) is 105 Å². The average molecular weight is 646 g/mol. The number of nitrogens with zero attached hydrogens (tertiary/aromatic N) is 2. The molecule has 222 valence electrons. The molecule has 18 radical (unpaired) electrons. The van der Waals surface area contributed by atoms with Gasteiger partial charge in [-0.15, -0.1) is 5.11 Å². The number of para-hydroxylation sites is 1. The summed E-state index contributed by atoms with van der Waals surface area (Å²) < 4.78 is 32.2. The maximum Gasteiger partial charge on any atom is 0.229 e. The van der Waals surface area contributed by atoms with Gasteiger partial charge in [-0.2, -0.15) is 4.98 Å². The van der Waals surface area contributed by atoms with E-state index in [1.54, 1.807) is 52.0 Å². The van der Waals surface area contributed by atoms with Crippen molar-refractivity contribution in [1.29, 1.82) is 0 Å². The summed E-state index contributed by atoms with van der Waals surface area (Å²) in [6.07, 6.45) is 1.22. The van der Waals surface area contributed by atoms with Gasteiger partial charge in [0.2, 0.25) is 5.95 Å². The van der Waals surface area contributed by atoms with Gasteiger partial charge in [0.15, 0.2) is 15.7 Å². The number of anilines is 4. The predicted octanol–water partition coefficient (Wildman–Crippen LogP) is 1.43. The summed E-state index contributed by atoms with van der Waals surface area (Å²) in [4.78, 5) is 8.84. The molecule has 3 aromatic rings. The highest BCUT2D eigenvalue weighted by Crippen LogP contribution is 2.46. The van der Waals surface area contributed by atoms with Crippen molar-refractivity contribution in [1.82, 2.24) is 15.3 Å². The lowest BCUT2D eigenvalue weighted by Gasteiger charge is -2.55. The number of rotatable bonds is 10. The van der Waals surface area contributed by atoms with Gasteiger partial charge in [-0.05, 0) is 75.7 Å². The van der Waals surface area contributed by atoms with Crippen LogP contribution in [0.2, 0.25) is 5.02 Å². The van der Waals surface area contributed by atoms with Crippen LogP contribution in [0.4, 0.5) is 23.1 Å². The van der Waals surface area contributed by atoms with Crippen molar-refractivity contribution in [2.24, 2.45) is 0 Å². The first-order valence-electron chi connectivity index (χ1n) is 14.5. The Morgan fingerprint density at radius 1 is 0.957 bits per heavy atom. The highest BCUT2D eigenvalue weighted by Gasteiger charge is 2.45. The number of hydrogen-bond acceptors (Lipinski definition) is 8. The summed E-state index contributed by atoms with van der Waals surface area (Å²) in [5.41, 5.74) is -0.223. The third-order valence-corrected chi connectivity index (χ3v) is 9.72. The van der Waals surface area contributed by atoms with Crippen LogP contribution in [-0.4, -0.2) is 110 Å². The summed E-state index contributed by atoms with van der Waals surface area (Å²) in [6, 6.07) is 9.46. The number of hydrogen-bond donors (Lipinski definition) is 3. The Bertz CT molecular complexity index is 1750. The first-order chi connectivity index (χ1) is 21.3. The van der Waals surface area contributed by atoms with E-state index in [0.29, 0.717) is 5.56 Å². The zero-order valence-electron chi connectivity index (χ0n) is 26.6. The Hall–Kier alpha value is -2.30. The van der Waals surface area contributed by atoms with Gasteiger partial charge in [-0.25, -0.2) is 13.4 Å². The first kappa shape index (κ1) is 37.5. The number of sulfone groups is 1. The summed E-state index contributed by atoms with van der Waals surface area (Å²) in [7, 11) is 53.2. The fourth-order valence-corrected chi connectivity index (χ4v) is 6.81. The summed E-state index contributed by atoms with van der Waals surface area (Å²) in [5.74, 6) is 0.302. The number of ether oxygens (including phenoxy) is 1. The van der Waals surface area contributed by atoms with E-state index < -0.39 is 41.7 Å². The smallest absolute Gasteiger partial charge is 0.229 e. The normalized spacial score (nSPS) is 17.6. The van der Waals surface area contributed by atoms with Crippen LogP contribution in [0, 0.1) is 0 Å². The van der Waals surface area contributed by atoms with Crippen LogP contribution in [0.15, 0.2) is 47.5 Å². The van der Waals surface area contributed by atoms with Gasteiger partial charge >= 0.3 is 0 Å². The van der Waals surface area contributed by atoms with Crippen LogP contribution in [0.1, 0.15) is 51.7 Å². The van der Waals surface area contributed by atoms with Crippen molar-refractivity contribution in [3.8, 4) is 5.75 Å². The molecule has 0 amide bonds. The largest absolute Gasteiger partial charge is 0.496 e. The Kier molecular flexibility index (Phi) is 10.3. The first-order valence-corrected chi connectivity index (χ1v) is 16.4. The molecule has 0 bridgehead atoms. The highest BCUT2D eigenvalue weighted by molar-refractivity contribution is 7.92. The maximum absolute atomic E-state index is 13.0. The van der Waals surface area contributed by atoms with E-state index >= 15 is 0 Å². The van der Waals surface area contributed by atoms with E-state index in [1.807, 2.05) is 0 Å². The van der Waals surface area contributed by atoms with Crippen molar-refractivity contribution >= 4 is 115 Å². The molecule has 0 unspecified atom stereocenters. The molecule has 2 heterocycles. The molecule has 1 saturated heterocycles. The third-order valence-electron chi connectivity index (χ3n) is 7.23. The second-order valence-corrected chi connectivity index (χ2v) is 15.9. The second kappa shape index (κ2) is 12.9. The monoisotopic (exact) mass is 647 g/mol. The van der Waals surface area contributed by atoms with Gasteiger partial charge in [0.25, 0.3) is 0 Å². The molecule has 3 N–H and O–H groups in total. The minimum atomic E-state index is -3.65. The Morgan fingerprint density at radius 3 is 2.11 bits per heavy atom. The Balaban J connectivity index is 1.84. The Labute approximate surface area is 294 Å². The predicted molar refractivity (Wildman–Crippen MR) is 196 cm³/mol. The summed E-state index contributed by atoms with van der Waals surface area (Å²) >= 11 is 6.43. The molecule has 1 aliphatic heterocycles. The number of piperidine rings is 1. The van der Waals surface area contributed by atoms with Crippen LogP contribution in [0.3, 0.4) is 0 Å². The fraction of sp³-hybridized carbons (Fsp3) is 0.429. The standard InChI is InChI=1S/C28H27B9ClN5O3S/c1-14(2)47(44,45)21-8-6-5-7-18(21)40-22-17(38)11-39-23(42-22)41-19-9-16(28(35,36)37)15(10-20(19)46-24(3,4)29)25(30)12-26(31,32)43-27(33,34)13-25/h5-11,14,43H,12-13H2,1-4H3,(H2,39,40,41,42). The molecule has 1 aliphatic rings. The van der Waals surface area contributed by atoms with Crippen LogP contribution in [0.25, 0.3) is 0 Å². The number of nitrogens with one attached hydrogen (secondary N) is 3. The lowest BCUT2D eigenvalue weighted by atomic mass is 9.35. The van der Waals surface area contributed by atoms with Crippen molar-refractivity contribution in [2.75, 3.05) is 10.6 Å². The zero-order chi connectivity index (χ0) is 35.4. The van der Waals surface area contributed by atoms with Gasteiger partial charge < -0.3 is 20.7 Å². The molecule has 2 aromatic carbocycles. The Morgan fingerprint density at radius 2 is 1.55 bits per heavy atom. The highest BCUT2D eigenvalue weighted by atomic mass is 35.5. The molecule has 19 heteroatoms. The molecule has 0 atom stereocenters. The summed E-state index contributed by atoms with van der Waals surface area (Å²) in [6.45, 7) is 6.44. The molecular formula is C28H27B9ClN5O3S. The fourth-order valence-electron chi connectivity index (χ4n) is 5.47. The maximum atomic E-state index is 13.0. The molecule has 0 saturated carbocycles. The quantitative estimate of drug-likeness (QED) is 0.285. The van der Waals surface area contributed by atoms with Crippen molar-refractivity contribution in [2.45, 2.75) is 77.3 Å². The second-order valence-electron chi connectivity index (χ2n) is 13.0. The third kappa shape index (κ3) is 8.84. The van der Waals surface area contributed by atoms with E-state index in [-0.39, 0.29) is 57.2 Å². The average Bonchev–Trinajstić information content (AvgIpc) is 2.88. The lowest BCUT2D eigenvalue weighted by molar-refractivity contribution is 0.198. The molecule has 1 aromatic heterocycles. The van der Waals surface area contributed by atoms with Gasteiger partial charge in [0.05, 0.1) is 96.0 Å². The minimum absolute atomic E-state index is 0.0198. The van der Waals surface area contributed by atoms with Crippen LogP contribution < -0.4 is 20.7 Å². The van der Waals surface area contributed by atoms with Gasteiger partial charge in [-0.1, -0.05) is 40.0 Å². The summed E-state index contributed by atoms with van der Waals surface area (Å²) in [5, 5.41) is 1.78. The molecule has 0 aliphatic carbocycles. The van der Waals surface area contributed by atoms with Crippen LogP contribution >= 0.6 is 11.6 Å². The lowest BCUT2D eigenvalue weighted by Crippen LogP contribution is -2.69. The zero-order valence-corrected chi connectivity index (χ0v) is 28.2.